The van der Waals surface area contributed by atoms with Crippen molar-refractivity contribution in [3.8, 4) is 11.5 Å². The summed E-state index contributed by atoms with van der Waals surface area (Å²) < 4.78 is 10.4. The molecule has 0 atom stereocenters. The van der Waals surface area contributed by atoms with Crippen LogP contribution < -0.4 is 14.8 Å². The van der Waals surface area contributed by atoms with Crippen LogP contribution in [0.3, 0.4) is 0 Å². The molecule has 0 bridgehead atoms. The highest BCUT2D eigenvalue weighted by atomic mass is 35.5. The SMILES string of the molecule is COc1ccc(/C=C/C(=O)Nc2ccc(Cl)cc2Cl)cc1OC. The summed E-state index contributed by atoms with van der Waals surface area (Å²) in [7, 11) is 3.12. The number of halogens is 2. The van der Waals surface area contributed by atoms with Crippen molar-refractivity contribution >= 4 is 40.9 Å². The molecular weight excluding hydrogens is 337 g/mol. The van der Waals surface area contributed by atoms with E-state index in [1.165, 1.54) is 6.08 Å². The minimum Gasteiger partial charge on any atom is -0.493 e. The maximum absolute atomic E-state index is 12.0. The van der Waals surface area contributed by atoms with Gasteiger partial charge in [0.15, 0.2) is 11.5 Å². The van der Waals surface area contributed by atoms with Gasteiger partial charge >= 0.3 is 0 Å². The topological polar surface area (TPSA) is 47.6 Å². The van der Waals surface area contributed by atoms with Crippen LogP contribution in [0.4, 0.5) is 5.69 Å². The van der Waals surface area contributed by atoms with Crippen LogP contribution in [-0.4, -0.2) is 20.1 Å². The molecule has 0 heterocycles. The largest absolute Gasteiger partial charge is 0.493 e. The Morgan fingerprint density at radius 3 is 2.43 bits per heavy atom. The van der Waals surface area contributed by atoms with E-state index < -0.39 is 0 Å². The number of methoxy groups -OCH3 is 2. The number of carbonyl (C=O) groups excluding carboxylic acids is 1. The second-order valence-electron chi connectivity index (χ2n) is 4.56. The normalized spacial score (nSPS) is 10.6. The zero-order chi connectivity index (χ0) is 16.8. The van der Waals surface area contributed by atoms with E-state index in [0.29, 0.717) is 27.2 Å². The standard InChI is InChI=1S/C17H15Cl2NO3/c1-22-15-7-3-11(9-16(15)23-2)4-8-17(21)20-14-6-5-12(18)10-13(14)19/h3-10H,1-2H3,(H,20,21)/b8-4+. The number of nitrogens with one attached hydrogen (secondary N) is 1. The molecule has 1 amide bonds. The van der Waals surface area contributed by atoms with Crippen molar-refractivity contribution in [3.63, 3.8) is 0 Å². The third kappa shape index (κ3) is 4.65. The van der Waals surface area contributed by atoms with Gasteiger partial charge in [-0.05, 0) is 42.0 Å². The molecule has 0 aromatic heterocycles. The summed E-state index contributed by atoms with van der Waals surface area (Å²) in [5.41, 5.74) is 1.30. The molecule has 2 rings (SSSR count). The fraction of sp³-hybridized carbons (Fsp3) is 0.118. The number of ether oxygens (including phenoxy) is 2. The highest BCUT2D eigenvalue weighted by Crippen LogP contribution is 2.28. The Morgan fingerprint density at radius 1 is 1.04 bits per heavy atom. The zero-order valence-corrected chi connectivity index (χ0v) is 14.1. The van der Waals surface area contributed by atoms with Gasteiger partial charge in [-0.2, -0.15) is 0 Å². The second-order valence-corrected chi connectivity index (χ2v) is 5.40. The minimum atomic E-state index is -0.302. The number of rotatable bonds is 5. The lowest BCUT2D eigenvalue weighted by atomic mass is 10.2. The number of amides is 1. The first-order chi connectivity index (χ1) is 11.0. The predicted molar refractivity (Wildman–Crippen MR) is 93.7 cm³/mol. The molecular formula is C17H15Cl2NO3. The molecule has 2 aromatic carbocycles. The lowest BCUT2D eigenvalue weighted by molar-refractivity contribution is -0.111. The highest BCUT2D eigenvalue weighted by Gasteiger charge is 2.05. The maximum Gasteiger partial charge on any atom is 0.248 e. The second kappa shape index (κ2) is 7.90. The molecule has 0 aliphatic carbocycles. The number of benzene rings is 2. The van der Waals surface area contributed by atoms with Crippen LogP contribution in [0.15, 0.2) is 42.5 Å². The van der Waals surface area contributed by atoms with Crippen LogP contribution in [-0.2, 0) is 4.79 Å². The number of anilines is 1. The lowest BCUT2D eigenvalue weighted by Gasteiger charge is -2.08. The molecule has 120 valence electrons. The fourth-order valence-corrected chi connectivity index (χ4v) is 2.35. The first-order valence-corrected chi connectivity index (χ1v) is 7.45. The van der Waals surface area contributed by atoms with Crippen molar-refractivity contribution in [2.24, 2.45) is 0 Å². The number of hydrogen-bond acceptors (Lipinski definition) is 3. The van der Waals surface area contributed by atoms with E-state index in [9.17, 15) is 4.79 Å². The van der Waals surface area contributed by atoms with E-state index in [2.05, 4.69) is 5.32 Å². The van der Waals surface area contributed by atoms with Crippen molar-refractivity contribution in [2.75, 3.05) is 19.5 Å². The van der Waals surface area contributed by atoms with Gasteiger partial charge in [-0.15, -0.1) is 0 Å². The van der Waals surface area contributed by atoms with Gasteiger partial charge in [0.1, 0.15) is 0 Å². The van der Waals surface area contributed by atoms with Crippen LogP contribution in [0.5, 0.6) is 11.5 Å². The smallest absolute Gasteiger partial charge is 0.248 e. The van der Waals surface area contributed by atoms with Crippen molar-refractivity contribution < 1.29 is 14.3 Å². The zero-order valence-electron chi connectivity index (χ0n) is 12.6. The van der Waals surface area contributed by atoms with Crippen LogP contribution >= 0.6 is 23.2 Å². The van der Waals surface area contributed by atoms with E-state index in [4.69, 9.17) is 32.7 Å². The monoisotopic (exact) mass is 351 g/mol. The van der Waals surface area contributed by atoms with Gasteiger partial charge < -0.3 is 14.8 Å². The van der Waals surface area contributed by atoms with Gasteiger partial charge in [0.2, 0.25) is 5.91 Å². The average Bonchev–Trinajstić information content (AvgIpc) is 2.55. The molecule has 6 heteroatoms. The quantitative estimate of drug-likeness (QED) is 0.796. The van der Waals surface area contributed by atoms with Crippen molar-refractivity contribution in [1.82, 2.24) is 0 Å². The summed E-state index contributed by atoms with van der Waals surface area (Å²) in [4.78, 5) is 12.0. The van der Waals surface area contributed by atoms with Crippen molar-refractivity contribution in [3.05, 3.63) is 58.1 Å². The Balaban J connectivity index is 2.09. The van der Waals surface area contributed by atoms with Crippen LogP contribution in [0.2, 0.25) is 10.0 Å². The van der Waals surface area contributed by atoms with E-state index in [0.717, 1.165) is 5.56 Å². The summed E-state index contributed by atoms with van der Waals surface area (Å²) in [6.45, 7) is 0. The molecule has 0 saturated heterocycles. The molecule has 23 heavy (non-hydrogen) atoms. The number of hydrogen-bond donors (Lipinski definition) is 1. The third-order valence-electron chi connectivity index (χ3n) is 3.02. The van der Waals surface area contributed by atoms with Gasteiger partial charge in [0.05, 0.1) is 24.9 Å². The van der Waals surface area contributed by atoms with E-state index >= 15 is 0 Å². The Morgan fingerprint density at radius 2 is 1.78 bits per heavy atom. The molecule has 1 N–H and O–H groups in total. The van der Waals surface area contributed by atoms with Crippen molar-refractivity contribution in [2.45, 2.75) is 0 Å². The number of carbonyl (C=O) groups is 1. The summed E-state index contributed by atoms with van der Waals surface area (Å²) in [5, 5.41) is 3.57. The molecule has 0 aliphatic rings. The van der Waals surface area contributed by atoms with Crippen LogP contribution in [0, 0.1) is 0 Å². The van der Waals surface area contributed by atoms with E-state index in [1.54, 1.807) is 50.6 Å². The molecule has 0 radical (unpaired) electrons. The van der Waals surface area contributed by atoms with Crippen LogP contribution in [0.25, 0.3) is 6.08 Å². The highest BCUT2D eigenvalue weighted by molar-refractivity contribution is 6.36. The maximum atomic E-state index is 12.0. The van der Waals surface area contributed by atoms with Crippen molar-refractivity contribution in [1.29, 1.82) is 0 Å². The van der Waals surface area contributed by atoms with Gasteiger partial charge in [-0.25, -0.2) is 0 Å². The average molecular weight is 352 g/mol. The third-order valence-corrected chi connectivity index (χ3v) is 3.57. The Kier molecular flexibility index (Phi) is 5.90. The van der Waals surface area contributed by atoms with Gasteiger partial charge in [0.25, 0.3) is 0 Å². The summed E-state index contributed by atoms with van der Waals surface area (Å²) >= 11 is 11.8. The van der Waals surface area contributed by atoms with Gasteiger partial charge in [-0.1, -0.05) is 29.3 Å². The van der Waals surface area contributed by atoms with E-state index in [1.807, 2.05) is 6.07 Å². The molecule has 2 aromatic rings. The van der Waals surface area contributed by atoms with Gasteiger partial charge in [0, 0.05) is 11.1 Å². The summed E-state index contributed by atoms with van der Waals surface area (Å²) in [5.74, 6) is 0.918. The fourth-order valence-electron chi connectivity index (χ4n) is 1.89. The molecule has 0 unspecified atom stereocenters. The summed E-state index contributed by atoms with van der Waals surface area (Å²) in [6, 6.07) is 10.2. The molecule has 4 nitrogen and oxygen atoms in total. The molecule has 0 saturated carbocycles. The Hall–Kier alpha value is -2.17. The van der Waals surface area contributed by atoms with Crippen LogP contribution in [0.1, 0.15) is 5.56 Å². The van der Waals surface area contributed by atoms with E-state index in [-0.39, 0.29) is 5.91 Å². The Bertz CT molecular complexity index is 745. The summed E-state index contributed by atoms with van der Waals surface area (Å²) in [6.07, 6.45) is 3.08. The predicted octanol–water partition coefficient (Wildman–Crippen LogP) is 4.66. The Labute approximate surface area is 144 Å². The first-order valence-electron chi connectivity index (χ1n) is 6.69. The molecule has 0 spiro atoms. The first kappa shape index (κ1) is 17.2. The molecule has 0 fully saturated rings. The van der Waals surface area contributed by atoms with Gasteiger partial charge in [-0.3, -0.25) is 4.79 Å². The molecule has 0 aliphatic heterocycles. The minimum absolute atomic E-state index is 0.302. The lowest BCUT2D eigenvalue weighted by Crippen LogP contribution is -2.08.